The molecule has 0 radical (unpaired) electrons. The second kappa shape index (κ2) is 7.38. The number of aryl methyl sites for hydroxylation is 1. The van der Waals surface area contributed by atoms with Crippen LogP contribution in [-0.4, -0.2) is 29.5 Å². The Bertz CT molecular complexity index is 779. The fourth-order valence-corrected chi connectivity index (χ4v) is 2.42. The second-order valence-electron chi connectivity index (χ2n) is 6.82. The number of hydrogen-bond donors (Lipinski definition) is 1. The highest BCUT2D eigenvalue weighted by atomic mass is 16.5. The molecule has 2 amide bonds. The zero-order chi connectivity index (χ0) is 18.6. The summed E-state index contributed by atoms with van der Waals surface area (Å²) >= 11 is 0. The van der Waals surface area contributed by atoms with E-state index in [0.717, 1.165) is 5.56 Å². The molecule has 0 aliphatic rings. The summed E-state index contributed by atoms with van der Waals surface area (Å²) in [4.78, 5) is 25.6. The van der Waals surface area contributed by atoms with Crippen LogP contribution < -0.4 is 10.2 Å². The fourth-order valence-electron chi connectivity index (χ4n) is 2.42. The first-order chi connectivity index (χ1) is 11.7. The summed E-state index contributed by atoms with van der Waals surface area (Å²) in [7, 11) is 1.51. The van der Waals surface area contributed by atoms with Gasteiger partial charge in [0.1, 0.15) is 5.75 Å². The molecular weight excluding hydrogens is 316 g/mol. The number of para-hydroxylation sites is 1. The first kappa shape index (κ1) is 18.5. The number of ether oxygens (including phenoxy) is 1. The quantitative estimate of drug-likeness (QED) is 0.869. The Labute approximate surface area is 148 Å². The van der Waals surface area contributed by atoms with E-state index in [-0.39, 0.29) is 5.91 Å². The lowest BCUT2D eigenvalue weighted by molar-refractivity contribution is 0.0357. The lowest BCUT2D eigenvalue weighted by atomic mass is 10.1. The van der Waals surface area contributed by atoms with Gasteiger partial charge in [-0.1, -0.05) is 29.8 Å². The molecule has 2 aromatic rings. The van der Waals surface area contributed by atoms with Crippen LogP contribution in [0.5, 0.6) is 5.75 Å². The lowest BCUT2D eigenvalue weighted by Crippen LogP contribution is -2.55. The van der Waals surface area contributed by atoms with E-state index in [9.17, 15) is 9.59 Å². The highest BCUT2D eigenvalue weighted by molar-refractivity contribution is 6.00. The van der Waals surface area contributed by atoms with Gasteiger partial charge in [0.25, 0.3) is 11.8 Å². The third-order valence-corrected chi connectivity index (χ3v) is 3.70. The van der Waals surface area contributed by atoms with Crippen LogP contribution >= 0.6 is 0 Å². The maximum Gasteiger partial charge on any atom is 0.273 e. The van der Waals surface area contributed by atoms with E-state index < -0.39 is 11.4 Å². The first-order valence-electron chi connectivity index (χ1n) is 8.09. The first-order valence-corrected chi connectivity index (χ1v) is 8.09. The molecule has 2 aromatic carbocycles. The summed E-state index contributed by atoms with van der Waals surface area (Å²) in [6, 6.07) is 14.2. The summed E-state index contributed by atoms with van der Waals surface area (Å²) in [5.41, 5.74) is 4.01. The summed E-state index contributed by atoms with van der Waals surface area (Å²) in [6.45, 7) is 7.52. The average Bonchev–Trinajstić information content (AvgIpc) is 2.57. The summed E-state index contributed by atoms with van der Waals surface area (Å²) in [5.74, 6) is -0.204. The number of hydrazine groups is 1. The van der Waals surface area contributed by atoms with Crippen LogP contribution in [0.3, 0.4) is 0 Å². The van der Waals surface area contributed by atoms with Crippen molar-refractivity contribution in [3.05, 3.63) is 65.2 Å². The zero-order valence-corrected chi connectivity index (χ0v) is 15.3. The van der Waals surface area contributed by atoms with E-state index in [1.165, 1.54) is 12.1 Å². The predicted octanol–water partition coefficient (Wildman–Crippen LogP) is 3.59. The van der Waals surface area contributed by atoms with Crippen LogP contribution in [0, 0.1) is 6.92 Å². The van der Waals surface area contributed by atoms with Gasteiger partial charge in [-0.2, -0.15) is 0 Å². The van der Waals surface area contributed by atoms with Crippen LogP contribution in [-0.2, 0) is 0 Å². The number of nitrogens with zero attached hydrogens (tertiary/aromatic N) is 1. The van der Waals surface area contributed by atoms with Crippen molar-refractivity contribution in [1.29, 1.82) is 0 Å². The maximum absolute atomic E-state index is 12.9. The standard InChI is InChI=1S/C20H24N2O3/c1-14-9-8-10-15(13-14)19(24)22(20(2,3)4)21-18(23)16-11-6-7-12-17(16)25-5/h6-13H,1-5H3,(H,21,23). The molecule has 132 valence electrons. The van der Waals surface area contributed by atoms with Crippen LogP contribution in [0.25, 0.3) is 0 Å². The van der Waals surface area contributed by atoms with Gasteiger partial charge in [-0.25, -0.2) is 5.01 Å². The minimum atomic E-state index is -0.599. The molecule has 1 N–H and O–H groups in total. The van der Waals surface area contributed by atoms with E-state index in [1.807, 2.05) is 39.8 Å². The number of nitrogens with one attached hydrogen (secondary N) is 1. The molecule has 0 saturated heterocycles. The van der Waals surface area contributed by atoms with Crippen molar-refractivity contribution >= 4 is 11.8 Å². The fraction of sp³-hybridized carbons (Fsp3) is 0.300. The Morgan fingerprint density at radius 2 is 1.72 bits per heavy atom. The van der Waals surface area contributed by atoms with Crippen molar-refractivity contribution in [2.75, 3.05) is 7.11 Å². The van der Waals surface area contributed by atoms with Crippen molar-refractivity contribution in [2.24, 2.45) is 0 Å². The van der Waals surface area contributed by atoms with Crippen molar-refractivity contribution in [2.45, 2.75) is 33.2 Å². The van der Waals surface area contributed by atoms with Gasteiger partial charge in [0.2, 0.25) is 0 Å². The van der Waals surface area contributed by atoms with Crippen LogP contribution in [0.2, 0.25) is 0 Å². The van der Waals surface area contributed by atoms with Crippen LogP contribution in [0.4, 0.5) is 0 Å². The van der Waals surface area contributed by atoms with Gasteiger partial charge in [-0.15, -0.1) is 0 Å². The summed E-state index contributed by atoms with van der Waals surface area (Å²) in [6.07, 6.45) is 0. The number of methoxy groups -OCH3 is 1. The Balaban J connectivity index is 2.33. The predicted molar refractivity (Wildman–Crippen MR) is 97.6 cm³/mol. The lowest BCUT2D eigenvalue weighted by Gasteiger charge is -2.35. The Kier molecular flexibility index (Phi) is 5.47. The molecule has 5 nitrogen and oxygen atoms in total. The third kappa shape index (κ3) is 4.38. The summed E-state index contributed by atoms with van der Waals surface area (Å²) in [5, 5.41) is 1.36. The molecule has 0 spiro atoms. The second-order valence-corrected chi connectivity index (χ2v) is 6.82. The maximum atomic E-state index is 12.9. The SMILES string of the molecule is COc1ccccc1C(=O)NN(C(=O)c1cccc(C)c1)C(C)(C)C. The molecule has 2 rings (SSSR count). The number of hydrogen-bond acceptors (Lipinski definition) is 3. The zero-order valence-electron chi connectivity index (χ0n) is 15.3. The molecule has 0 unspecified atom stereocenters. The Hall–Kier alpha value is -2.82. The normalized spacial score (nSPS) is 10.9. The largest absolute Gasteiger partial charge is 0.496 e. The number of carbonyl (C=O) groups is 2. The topological polar surface area (TPSA) is 58.6 Å². The van der Waals surface area contributed by atoms with Gasteiger partial charge < -0.3 is 4.74 Å². The van der Waals surface area contributed by atoms with Gasteiger partial charge in [0.05, 0.1) is 18.2 Å². The molecule has 0 bridgehead atoms. The van der Waals surface area contributed by atoms with Crippen molar-refractivity contribution < 1.29 is 14.3 Å². The van der Waals surface area contributed by atoms with Crippen molar-refractivity contribution in [3.8, 4) is 5.75 Å². The third-order valence-electron chi connectivity index (χ3n) is 3.70. The molecule has 0 aliphatic heterocycles. The van der Waals surface area contributed by atoms with E-state index in [0.29, 0.717) is 16.9 Å². The minimum absolute atomic E-state index is 0.264. The number of rotatable bonds is 3. The molecule has 0 heterocycles. The summed E-state index contributed by atoms with van der Waals surface area (Å²) < 4.78 is 5.23. The van der Waals surface area contributed by atoms with Gasteiger partial charge in [-0.05, 0) is 52.0 Å². The van der Waals surface area contributed by atoms with E-state index in [1.54, 1.807) is 36.4 Å². The highest BCUT2D eigenvalue weighted by Crippen LogP contribution is 2.20. The van der Waals surface area contributed by atoms with Gasteiger partial charge in [0, 0.05) is 5.56 Å². The van der Waals surface area contributed by atoms with Gasteiger partial charge >= 0.3 is 0 Å². The molecule has 0 saturated carbocycles. The van der Waals surface area contributed by atoms with E-state index in [4.69, 9.17) is 4.74 Å². The van der Waals surface area contributed by atoms with E-state index >= 15 is 0 Å². The number of amides is 2. The Morgan fingerprint density at radius 3 is 2.32 bits per heavy atom. The van der Waals surface area contributed by atoms with Crippen molar-refractivity contribution in [3.63, 3.8) is 0 Å². The van der Waals surface area contributed by atoms with E-state index in [2.05, 4.69) is 5.43 Å². The van der Waals surface area contributed by atoms with Gasteiger partial charge in [-0.3, -0.25) is 15.0 Å². The molecular formula is C20H24N2O3. The highest BCUT2D eigenvalue weighted by Gasteiger charge is 2.30. The Morgan fingerprint density at radius 1 is 1.04 bits per heavy atom. The van der Waals surface area contributed by atoms with Crippen molar-refractivity contribution in [1.82, 2.24) is 10.4 Å². The molecule has 5 heteroatoms. The molecule has 0 atom stereocenters. The average molecular weight is 340 g/mol. The number of benzene rings is 2. The monoisotopic (exact) mass is 340 g/mol. The molecule has 25 heavy (non-hydrogen) atoms. The van der Waals surface area contributed by atoms with Crippen LogP contribution in [0.15, 0.2) is 48.5 Å². The van der Waals surface area contributed by atoms with Gasteiger partial charge in [0.15, 0.2) is 0 Å². The molecule has 0 aromatic heterocycles. The number of carbonyl (C=O) groups excluding carboxylic acids is 2. The minimum Gasteiger partial charge on any atom is -0.496 e. The smallest absolute Gasteiger partial charge is 0.273 e. The molecule has 0 fully saturated rings. The molecule has 0 aliphatic carbocycles. The van der Waals surface area contributed by atoms with Crippen LogP contribution in [0.1, 0.15) is 47.1 Å².